The normalized spacial score (nSPS) is 15.3. The molecule has 1 aliphatic rings. The zero-order valence-electron chi connectivity index (χ0n) is 16.8. The molecule has 0 aliphatic carbocycles. The zero-order valence-corrected chi connectivity index (χ0v) is 16.8. The van der Waals surface area contributed by atoms with Crippen molar-refractivity contribution in [3.63, 3.8) is 0 Å². The minimum Gasteiger partial charge on any atom is -0.497 e. The Labute approximate surface area is 171 Å². The third-order valence-corrected chi connectivity index (χ3v) is 5.25. The predicted molar refractivity (Wildman–Crippen MR) is 119 cm³/mol. The summed E-state index contributed by atoms with van der Waals surface area (Å²) in [6.45, 7) is 4.16. The molecule has 0 saturated heterocycles. The molecule has 29 heavy (non-hydrogen) atoms. The van der Waals surface area contributed by atoms with E-state index in [0.717, 1.165) is 28.3 Å². The number of carbonyl (C=O) groups is 1. The van der Waals surface area contributed by atoms with Crippen molar-refractivity contribution in [2.75, 3.05) is 17.3 Å². The lowest BCUT2D eigenvalue weighted by Gasteiger charge is -2.36. The van der Waals surface area contributed by atoms with Gasteiger partial charge in [0.2, 0.25) is 0 Å². The van der Waals surface area contributed by atoms with E-state index in [1.807, 2.05) is 47.4 Å². The van der Waals surface area contributed by atoms with Gasteiger partial charge in [0.15, 0.2) is 0 Å². The van der Waals surface area contributed by atoms with Crippen molar-refractivity contribution in [1.29, 1.82) is 0 Å². The second-order valence-electron chi connectivity index (χ2n) is 7.25. The highest BCUT2D eigenvalue weighted by atomic mass is 16.5. The maximum atomic E-state index is 13.4. The summed E-state index contributed by atoms with van der Waals surface area (Å²) in [4.78, 5) is 15.2. The molecule has 4 rings (SSSR count). The molecular weight excluding hydrogens is 360 g/mol. The molecule has 0 fully saturated rings. The Morgan fingerprint density at radius 3 is 2.31 bits per heavy atom. The van der Waals surface area contributed by atoms with E-state index >= 15 is 0 Å². The molecule has 146 valence electrons. The van der Waals surface area contributed by atoms with Crippen LogP contribution >= 0.6 is 0 Å². The molecule has 0 bridgehead atoms. The number of ether oxygens (including phenoxy) is 1. The summed E-state index contributed by atoms with van der Waals surface area (Å²) in [7, 11) is 1.62. The molecule has 0 saturated carbocycles. The number of amides is 2. The maximum absolute atomic E-state index is 13.4. The maximum Gasteiger partial charge on any atom is 0.327 e. The second kappa shape index (κ2) is 7.84. The highest BCUT2D eigenvalue weighted by molar-refractivity contribution is 6.05. The number of aryl methyl sites for hydroxylation is 1. The SMILES string of the molecule is COc1ccc(NC(=O)N2c3ccccc3C(C)=CC2c2ccc(C)cc2)cc1. The topological polar surface area (TPSA) is 41.6 Å². The fraction of sp³-hybridized carbons (Fsp3) is 0.160. The van der Waals surface area contributed by atoms with Gasteiger partial charge in [-0.2, -0.15) is 0 Å². The Morgan fingerprint density at radius 2 is 1.62 bits per heavy atom. The van der Waals surface area contributed by atoms with Crippen molar-refractivity contribution < 1.29 is 9.53 Å². The largest absolute Gasteiger partial charge is 0.497 e. The molecule has 3 aromatic rings. The number of nitrogens with one attached hydrogen (secondary N) is 1. The molecule has 0 spiro atoms. The van der Waals surface area contributed by atoms with Crippen molar-refractivity contribution >= 4 is 23.0 Å². The van der Waals surface area contributed by atoms with Crippen LogP contribution in [0.2, 0.25) is 0 Å². The van der Waals surface area contributed by atoms with Gasteiger partial charge in [-0.25, -0.2) is 4.79 Å². The minimum absolute atomic E-state index is 0.169. The number of urea groups is 1. The van der Waals surface area contributed by atoms with E-state index in [0.29, 0.717) is 0 Å². The predicted octanol–water partition coefficient (Wildman–Crippen LogP) is 6.20. The minimum atomic E-state index is -0.177. The van der Waals surface area contributed by atoms with Crippen molar-refractivity contribution in [3.8, 4) is 5.75 Å². The second-order valence-corrected chi connectivity index (χ2v) is 7.25. The van der Waals surface area contributed by atoms with Crippen LogP contribution in [0.4, 0.5) is 16.2 Å². The van der Waals surface area contributed by atoms with Crippen LogP contribution in [0.25, 0.3) is 5.57 Å². The number of benzene rings is 3. The summed E-state index contributed by atoms with van der Waals surface area (Å²) < 4.78 is 5.20. The summed E-state index contributed by atoms with van der Waals surface area (Å²) in [6.07, 6.45) is 2.15. The number of para-hydroxylation sites is 1. The number of hydrogen-bond donors (Lipinski definition) is 1. The Kier molecular flexibility index (Phi) is 5.09. The van der Waals surface area contributed by atoms with Gasteiger partial charge in [-0.15, -0.1) is 0 Å². The van der Waals surface area contributed by atoms with E-state index in [9.17, 15) is 4.79 Å². The quantitative estimate of drug-likeness (QED) is 0.584. The number of fused-ring (bicyclic) bond motifs is 1. The molecule has 2 amide bonds. The van der Waals surface area contributed by atoms with E-state index in [-0.39, 0.29) is 12.1 Å². The van der Waals surface area contributed by atoms with E-state index in [4.69, 9.17) is 4.74 Å². The van der Waals surface area contributed by atoms with E-state index in [2.05, 4.69) is 55.6 Å². The van der Waals surface area contributed by atoms with Crippen LogP contribution in [0, 0.1) is 6.92 Å². The standard InChI is InChI=1S/C25H24N2O2/c1-17-8-10-19(11-9-17)24-16-18(2)22-6-4-5-7-23(22)27(24)25(28)26-20-12-14-21(29-3)15-13-20/h4-16,24H,1-3H3,(H,26,28). The van der Waals surface area contributed by atoms with Gasteiger partial charge in [-0.05, 0) is 55.3 Å². The lowest BCUT2D eigenvalue weighted by molar-refractivity contribution is 0.255. The number of allylic oxidation sites excluding steroid dienone is 1. The smallest absolute Gasteiger partial charge is 0.327 e. The monoisotopic (exact) mass is 384 g/mol. The number of anilines is 2. The Bertz CT molecular complexity index is 1050. The number of nitrogens with zero attached hydrogens (tertiary/aromatic N) is 1. The third kappa shape index (κ3) is 3.74. The molecule has 1 aliphatic heterocycles. The lowest BCUT2D eigenvalue weighted by Crippen LogP contribution is -2.39. The van der Waals surface area contributed by atoms with Gasteiger partial charge in [0.05, 0.1) is 18.8 Å². The van der Waals surface area contributed by atoms with Crippen LogP contribution in [-0.2, 0) is 0 Å². The fourth-order valence-corrected chi connectivity index (χ4v) is 3.67. The number of rotatable bonds is 3. The first-order valence-electron chi connectivity index (χ1n) is 9.65. The first kappa shape index (κ1) is 18.8. The molecule has 0 radical (unpaired) electrons. The average Bonchev–Trinajstić information content (AvgIpc) is 2.74. The van der Waals surface area contributed by atoms with Gasteiger partial charge in [0, 0.05) is 11.3 Å². The van der Waals surface area contributed by atoms with Crippen LogP contribution in [0.3, 0.4) is 0 Å². The first-order valence-corrected chi connectivity index (χ1v) is 9.65. The van der Waals surface area contributed by atoms with E-state index in [1.165, 1.54) is 11.1 Å². The Morgan fingerprint density at radius 1 is 0.931 bits per heavy atom. The van der Waals surface area contributed by atoms with Crippen LogP contribution in [-0.4, -0.2) is 13.1 Å². The van der Waals surface area contributed by atoms with Crippen LogP contribution < -0.4 is 15.0 Å². The van der Waals surface area contributed by atoms with Gasteiger partial charge < -0.3 is 10.1 Å². The molecular formula is C25H24N2O2. The van der Waals surface area contributed by atoms with Crippen molar-refractivity contribution in [1.82, 2.24) is 0 Å². The highest BCUT2D eigenvalue weighted by Crippen LogP contribution is 2.40. The molecule has 1 heterocycles. The summed E-state index contributed by atoms with van der Waals surface area (Å²) in [5.41, 5.74) is 6.14. The summed E-state index contributed by atoms with van der Waals surface area (Å²) in [5, 5.41) is 3.03. The third-order valence-electron chi connectivity index (χ3n) is 5.25. The van der Waals surface area contributed by atoms with Gasteiger partial charge in [-0.1, -0.05) is 54.1 Å². The zero-order chi connectivity index (χ0) is 20.4. The van der Waals surface area contributed by atoms with Gasteiger partial charge >= 0.3 is 6.03 Å². The van der Waals surface area contributed by atoms with Crippen LogP contribution in [0.1, 0.15) is 29.7 Å². The molecule has 4 heteroatoms. The molecule has 3 aromatic carbocycles. The van der Waals surface area contributed by atoms with Crippen molar-refractivity contribution in [2.24, 2.45) is 0 Å². The fourth-order valence-electron chi connectivity index (χ4n) is 3.67. The molecule has 4 nitrogen and oxygen atoms in total. The van der Waals surface area contributed by atoms with E-state index < -0.39 is 0 Å². The molecule has 1 atom stereocenters. The van der Waals surface area contributed by atoms with Gasteiger partial charge in [-0.3, -0.25) is 4.90 Å². The van der Waals surface area contributed by atoms with Crippen molar-refractivity contribution in [2.45, 2.75) is 19.9 Å². The average molecular weight is 384 g/mol. The molecule has 1 unspecified atom stereocenters. The van der Waals surface area contributed by atoms with Crippen LogP contribution in [0.5, 0.6) is 5.75 Å². The summed E-state index contributed by atoms with van der Waals surface area (Å²) in [6, 6.07) is 23.4. The van der Waals surface area contributed by atoms with E-state index in [1.54, 1.807) is 7.11 Å². The molecule has 0 aromatic heterocycles. The highest BCUT2D eigenvalue weighted by Gasteiger charge is 2.31. The van der Waals surface area contributed by atoms with Gasteiger partial charge in [0.25, 0.3) is 0 Å². The number of hydrogen-bond acceptors (Lipinski definition) is 2. The first-order chi connectivity index (χ1) is 14.1. The summed E-state index contributed by atoms with van der Waals surface area (Å²) in [5.74, 6) is 0.752. The lowest BCUT2D eigenvalue weighted by atomic mass is 9.92. The van der Waals surface area contributed by atoms with Crippen molar-refractivity contribution in [3.05, 3.63) is 95.6 Å². The number of carbonyl (C=O) groups excluding carboxylic acids is 1. The Hall–Kier alpha value is -3.53. The van der Waals surface area contributed by atoms with Crippen LogP contribution in [0.15, 0.2) is 78.9 Å². The summed E-state index contributed by atoms with van der Waals surface area (Å²) >= 11 is 0. The molecule has 1 N–H and O–H groups in total. The van der Waals surface area contributed by atoms with Gasteiger partial charge in [0.1, 0.15) is 5.75 Å². The Balaban J connectivity index is 1.73. The number of methoxy groups -OCH3 is 1.